The number of carbonyl (C=O) groups excluding carboxylic acids is 1. The van der Waals surface area contributed by atoms with E-state index in [0.717, 1.165) is 12.1 Å². The standard InChI is InChI=1S/C20H16Cl2N4O/c1-12-10-13-4-2-3-5-18(13)26(12)19(27)17-8-9-23-20(25-17)24-16-7-6-14(21)11-15(16)22/h2-9,11-12H,10H2,1H3,(H,23,24,25). The van der Waals surface area contributed by atoms with E-state index in [0.29, 0.717) is 27.4 Å². The van der Waals surface area contributed by atoms with Crippen molar-refractivity contribution in [2.24, 2.45) is 0 Å². The van der Waals surface area contributed by atoms with Crippen molar-refractivity contribution in [3.05, 3.63) is 76.0 Å². The largest absolute Gasteiger partial charge is 0.323 e. The first-order valence-electron chi connectivity index (χ1n) is 8.49. The summed E-state index contributed by atoms with van der Waals surface area (Å²) in [4.78, 5) is 23.5. The van der Waals surface area contributed by atoms with Crippen LogP contribution in [0.4, 0.5) is 17.3 Å². The Hall–Kier alpha value is -2.63. The highest BCUT2D eigenvalue weighted by Gasteiger charge is 2.32. The van der Waals surface area contributed by atoms with Gasteiger partial charge < -0.3 is 10.2 Å². The Bertz CT molecular complexity index is 1020. The van der Waals surface area contributed by atoms with Gasteiger partial charge in [-0.1, -0.05) is 41.4 Å². The zero-order valence-electron chi connectivity index (χ0n) is 14.5. The maximum absolute atomic E-state index is 13.1. The van der Waals surface area contributed by atoms with Gasteiger partial charge in [-0.05, 0) is 49.2 Å². The molecule has 2 heterocycles. The molecule has 1 atom stereocenters. The van der Waals surface area contributed by atoms with Crippen LogP contribution in [-0.4, -0.2) is 21.9 Å². The van der Waals surface area contributed by atoms with Crippen LogP contribution in [0.5, 0.6) is 0 Å². The van der Waals surface area contributed by atoms with Crippen molar-refractivity contribution in [2.45, 2.75) is 19.4 Å². The fourth-order valence-corrected chi connectivity index (χ4v) is 3.70. The lowest BCUT2D eigenvalue weighted by atomic mass is 10.1. The summed E-state index contributed by atoms with van der Waals surface area (Å²) >= 11 is 12.1. The molecule has 3 aromatic rings. The third-order valence-corrected chi connectivity index (χ3v) is 5.03. The van der Waals surface area contributed by atoms with Crippen LogP contribution in [0.25, 0.3) is 0 Å². The van der Waals surface area contributed by atoms with E-state index in [1.54, 1.807) is 35.4 Å². The summed E-state index contributed by atoms with van der Waals surface area (Å²) in [5, 5.41) is 4.02. The normalized spacial score (nSPS) is 15.5. The Kier molecular flexibility index (Phi) is 4.72. The Morgan fingerprint density at radius 3 is 2.81 bits per heavy atom. The van der Waals surface area contributed by atoms with Gasteiger partial charge in [-0.15, -0.1) is 0 Å². The van der Waals surface area contributed by atoms with Crippen molar-refractivity contribution in [1.82, 2.24) is 9.97 Å². The predicted octanol–water partition coefficient (Wildman–Crippen LogP) is 5.12. The molecule has 5 nitrogen and oxygen atoms in total. The molecule has 1 aliphatic heterocycles. The summed E-state index contributed by atoms with van der Waals surface area (Å²) < 4.78 is 0. The first-order chi connectivity index (χ1) is 13.0. The van der Waals surface area contributed by atoms with Crippen LogP contribution in [0.15, 0.2) is 54.7 Å². The molecule has 7 heteroatoms. The summed E-state index contributed by atoms with van der Waals surface area (Å²) in [6.45, 7) is 2.03. The molecule has 4 rings (SSSR count). The number of para-hydroxylation sites is 1. The van der Waals surface area contributed by atoms with Crippen molar-refractivity contribution in [3.63, 3.8) is 0 Å². The SMILES string of the molecule is CC1Cc2ccccc2N1C(=O)c1ccnc(Nc2ccc(Cl)cc2Cl)n1. The number of rotatable bonds is 3. The summed E-state index contributed by atoms with van der Waals surface area (Å²) in [5.41, 5.74) is 3.04. The quantitative estimate of drug-likeness (QED) is 0.664. The number of nitrogens with zero attached hydrogens (tertiary/aromatic N) is 3. The van der Waals surface area contributed by atoms with Crippen molar-refractivity contribution in [2.75, 3.05) is 10.2 Å². The van der Waals surface area contributed by atoms with E-state index >= 15 is 0 Å². The summed E-state index contributed by atoms with van der Waals surface area (Å²) in [5.74, 6) is 0.144. The Balaban J connectivity index is 1.62. The van der Waals surface area contributed by atoms with Gasteiger partial charge in [0.05, 0.1) is 10.7 Å². The molecule has 0 fully saturated rings. The van der Waals surface area contributed by atoms with Crippen molar-refractivity contribution in [3.8, 4) is 0 Å². The highest BCUT2D eigenvalue weighted by Crippen LogP contribution is 2.33. The maximum Gasteiger partial charge on any atom is 0.277 e. The van der Waals surface area contributed by atoms with Gasteiger partial charge in [0, 0.05) is 22.9 Å². The molecule has 0 saturated heterocycles. The molecule has 0 radical (unpaired) electrons. The smallest absolute Gasteiger partial charge is 0.277 e. The molecular formula is C20H16Cl2N4O. The molecule has 27 heavy (non-hydrogen) atoms. The number of aromatic nitrogens is 2. The topological polar surface area (TPSA) is 58.1 Å². The van der Waals surface area contributed by atoms with Crippen LogP contribution >= 0.6 is 23.2 Å². The lowest BCUT2D eigenvalue weighted by Crippen LogP contribution is -2.36. The highest BCUT2D eigenvalue weighted by atomic mass is 35.5. The molecule has 1 N–H and O–H groups in total. The zero-order valence-corrected chi connectivity index (χ0v) is 16.0. The van der Waals surface area contributed by atoms with E-state index in [-0.39, 0.29) is 11.9 Å². The van der Waals surface area contributed by atoms with Crippen molar-refractivity contribution < 1.29 is 4.79 Å². The second-order valence-corrected chi connectivity index (χ2v) is 7.22. The van der Waals surface area contributed by atoms with Crippen LogP contribution in [-0.2, 0) is 6.42 Å². The van der Waals surface area contributed by atoms with Gasteiger partial charge in [0.2, 0.25) is 5.95 Å². The number of halogens is 2. The number of fused-ring (bicyclic) bond motifs is 1. The van der Waals surface area contributed by atoms with E-state index < -0.39 is 0 Å². The Morgan fingerprint density at radius 1 is 1.19 bits per heavy atom. The average Bonchev–Trinajstić information content (AvgIpc) is 2.99. The third kappa shape index (κ3) is 3.48. The van der Waals surface area contributed by atoms with Crippen LogP contribution < -0.4 is 10.2 Å². The van der Waals surface area contributed by atoms with E-state index in [1.807, 2.05) is 25.1 Å². The number of anilines is 3. The Labute approximate surface area is 167 Å². The fourth-order valence-electron chi connectivity index (χ4n) is 3.25. The second kappa shape index (κ2) is 7.18. The lowest BCUT2D eigenvalue weighted by molar-refractivity contribution is 0.0976. The minimum atomic E-state index is -0.153. The van der Waals surface area contributed by atoms with Gasteiger partial charge in [0.15, 0.2) is 0 Å². The van der Waals surface area contributed by atoms with E-state index in [1.165, 1.54) is 5.56 Å². The third-order valence-electron chi connectivity index (χ3n) is 4.48. The molecular weight excluding hydrogens is 383 g/mol. The van der Waals surface area contributed by atoms with Gasteiger partial charge in [-0.2, -0.15) is 0 Å². The molecule has 0 saturated carbocycles. The van der Waals surface area contributed by atoms with Gasteiger partial charge in [0.25, 0.3) is 5.91 Å². The Morgan fingerprint density at radius 2 is 2.00 bits per heavy atom. The van der Waals surface area contributed by atoms with E-state index in [4.69, 9.17) is 23.2 Å². The molecule has 0 aliphatic carbocycles. The number of hydrogen-bond donors (Lipinski definition) is 1. The molecule has 1 aromatic heterocycles. The predicted molar refractivity (Wildman–Crippen MR) is 108 cm³/mol. The van der Waals surface area contributed by atoms with Gasteiger partial charge in [-0.25, -0.2) is 9.97 Å². The average molecular weight is 399 g/mol. The summed E-state index contributed by atoms with van der Waals surface area (Å²) in [7, 11) is 0. The number of amides is 1. The lowest BCUT2D eigenvalue weighted by Gasteiger charge is -2.22. The minimum absolute atomic E-state index is 0.0759. The first kappa shape index (κ1) is 17.8. The summed E-state index contributed by atoms with van der Waals surface area (Å²) in [6, 6.07) is 14.7. The molecule has 2 aromatic carbocycles. The molecule has 1 amide bonds. The van der Waals surface area contributed by atoms with Gasteiger partial charge in [-0.3, -0.25) is 4.79 Å². The molecule has 1 unspecified atom stereocenters. The van der Waals surface area contributed by atoms with Crippen LogP contribution in [0.3, 0.4) is 0 Å². The molecule has 0 spiro atoms. The molecule has 136 valence electrons. The number of hydrogen-bond acceptors (Lipinski definition) is 4. The zero-order chi connectivity index (χ0) is 19.0. The van der Waals surface area contributed by atoms with E-state index in [9.17, 15) is 4.79 Å². The van der Waals surface area contributed by atoms with Crippen LogP contribution in [0.1, 0.15) is 23.0 Å². The second-order valence-electron chi connectivity index (χ2n) is 6.37. The van der Waals surface area contributed by atoms with Crippen LogP contribution in [0, 0.1) is 0 Å². The van der Waals surface area contributed by atoms with E-state index in [2.05, 4.69) is 21.4 Å². The maximum atomic E-state index is 13.1. The van der Waals surface area contributed by atoms with Crippen molar-refractivity contribution >= 4 is 46.4 Å². The number of benzene rings is 2. The van der Waals surface area contributed by atoms with Crippen LogP contribution in [0.2, 0.25) is 10.0 Å². The van der Waals surface area contributed by atoms with Crippen molar-refractivity contribution in [1.29, 1.82) is 0 Å². The minimum Gasteiger partial charge on any atom is -0.323 e. The number of carbonyl (C=O) groups is 1. The first-order valence-corrected chi connectivity index (χ1v) is 9.25. The monoisotopic (exact) mass is 398 g/mol. The van der Waals surface area contributed by atoms with Gasteiger partial charge >= 0.3 is 0 Å². The fraction of sp³-hybridized carbons (Fsp3) is 0.150. The molecule has 0 bridgehead atoms. The van der Waals surface area contributed by atoms with Gasteiger partial charge in [0.1, 0.15) is 5.69 Å². The summed E-state index contributed by atoms with van der Waals surface area (Å²) in [6.07, 6.45) is 2.39. The molecule has 1 aliphatic rings. The highest BCUT2D eigenvalue weighted by molar-refractivity contribution is 6.36. The number of nitrogens with one attached hydrogen (secondary N) is 1.